The van der Waals surface area contributed by atoms with Gasteiger partial charge in [0.05, 0.1) is 11.6 Å². The number of nitrogens with zero attached hydrogens (tertiary/aromatic N) is 5. The molecule has 2 heterocycles. The molecule has 1 saturated heterocycles. The van der Waals surface area contributed by atoms with Gasteiger partial charge >= 0.3 is 0 Å². The Morgan fingerprint density at radius 1 is 1.29 bits per heavy atom. The van der Waals surface area contributed by atoms with Gasteiger partial charge in [-0.25, -0.2) is 4.39 Å². The third-order valence-corrected chi connectivity index (χ3v) is 4.99. The molecule has 0 amide bonds. The number of piperidine rings is 1. The van der Waals surface area contributed by atoms with E-state index >= 15 is 0 Å². The van der Waals surface area contributed by atoms with Crippen LogP contribution in [0.15, 0.2) is 24.5 Å². The first-order valence-electron chi connectivity index (χ1n) is 8.55. The van der Waals surface area contributed by atoms with Crippen molar-refractivity contribution in [3.8, 4) is 6.07 Å². The van der Waals surface area contributed by atoms with E-state index in [1.807, 2.05) is 6.33 Å². The second kappa shape index (κ2) is 6.33. The fourth-order valence-electron chi connectivity index (χ4n) is 3.63. The third kappa shape index (κ3) is 3.04. The summed E-state index contributed by atoms with van der Waals surface area (Å²) in [6, 6.07) is 7.14. The number of benzene rings is 1. The average molecular weight is 325 g/mol. The first kappa shape index (κ1) is 15.3. The minimum atomic E-state index is -0.286. The molecule has 1 aromatic heterocycles. The van der Waals surface area contributed by atoms with Gasteiger partial charge in [0.15, 0.2) is 0 Å². The van der Waals surface area contributed by atoms with Crippen LogP contribution in [-0.4, -0.2) is 32.8 Å². The Hall–Kier alpha value is -2.26. The number of rotatable bonds is 4. The summed E-state index contributed by atoms with van der Waals surface area (Å²) >= 11 is 0. The molecule has 1 aliphatic carbocycles. The van der Waals surface area contributed by atoms with E-state index in [-0.39, 0.29) is 5.82 Å². The quantitative estimate of drug-likeness (QED) is 0.867. The van der Waals surface area contributed by atoms with Crippen molar-refractivity contribution in [1.29, 1.82) is 5.26 Å². The number of aromatic nitrogens is 3. The molecule has 5 nitrogen and oxygen atoms in total. The first-order chi connectivity index (χ1) is 11.7. The molecule has 1 aliphatic heterocycles. The highest BCUT2D eigenvalue weighted by Gasteiger charge is 2.31. The van der Waals surface area contributed by atoms with Crippen LogP contribution in [0.3, 0.4) is 0 Å². The normalized spacial score (nSPS) is 21.6. The molecular weight excluding hydrogens is 305 g/mol. The largest absolute Gasteiger partial charge is 0.314 e. The highest BCUT2D eigenvalue weighted by atomic mass is 19.1. The number of halogens is 1. The molecule has 1 aromatic carbocycles. The van der Waals surface area contributed by atoms with Crippen LogP contribution in [0.2, 0.25) is 0 Å². The molecule has 6 heteroatoms. The average Bonchev–Trinajstić information content (AvgIpc) is 3.32. The van der Waals surface area contributed by atoms with Gasteiger partial charge in [0.1, 0.15) is 18.0 Å². The zero-order valence-electron chi connectivity index (χ0n) is 13.5. The molecule has 1 saturated carbocycles. The van der Waals surface area contributed by atoms with Gasteiger partial charge < -0.3 is 4.57 Å². The van der Waals surface area contributed by atoms with Crippen molar-refractivity contribution in [1.82, 2.24) is 19.7 Å². The second-order valence-corrected chi connectivity index (χ2v) is 6.82. The topological polar surface area (TPSA) is 57.7 Å². The molecule has 24 heavy (non-hydrogen) atoms. The zero-order valence-corrected chi connectivity index (χ0v) is 13.5. The van der Waals surface area contributed by atoms with Crippen molar-refractivity contribution in [3.05, 3.63) is 47.3 Å². The highest BCUT2D eigenvalue weighted by Crippen LogP contribution is 2.38. The van der Waals surface area contributed by atoms with Crippen molar-refractivity contribution in [2.24, 2.45) is 0 Å². The molecule has 2 aliphatic rings. The van der Waals surface area contributed by atoms with Crippen LogP contribution in [0.1, 0.15) is 54.6 Å². The molecule has 0 spiro atoms. The van der Waals surface area contributed by atoms with Crippen LogP contribution in [0.5, 0.6) is 0 Å². The Morgan fingerprint density at radius 3 is 2.96 bits per heavy atom. The third-order valence-electron chi connectivity index (χ3n) is 4.99. The summed E-state index contributed by atoms with van der Waals surface area (Å²) < 4.78 is 15.8. The first-order valence-corrected chi connectivity index (χ1v) is 8.55. The van der Waals surface area contributed by atoms with Crippen molar-refractivity contribution in [3.63, 3.8) is 0 Å². The summed E-state index contributed by atoms with van der Waals surface area (Å²) in [5.74, 6) is 1.16. The van der Waals surface area contributed by atoms with Crippen LogP contribution in [0.25, 0.3) is 0 Å². The van der Waals surface area contributed by atoms with Gasteiger partial charge in [0, 0.05) is 25.0 Å². The van der Waals surface area contributed by atoms with Crippen molar-refractivity contribution < 1.29 is 4.39 Å². The molecule has 0 N–H and O–H groups in total. The van der Waals surface area contributed by atoms with Gasteiger partial charge in [-0.2, -0.15) is 5.26 Å². The van der Waals surface area contributed by atoms with Gasteiger partial charge in [-0.15, -0.1) is 10.2 Å². The van der Waals surface area contributed by atoms with Gasteiger partial charge in [-0.1, -0.05) is 0 Å². The maximum Gasteiger partial charge on any atom is 0.137 e. The van der Waals surface area contributed by atoms with Crippen molar-refractivity contribution in [2.45, 2.75) is 44.2 Å². The van der Waals surface area contributed by atoms with Crippen LogP contribution in [0, 0.1) is 17.1 Å². The Bertz CT molecular complexity index is 774. The number of hydrogen-bond donors (Lipinski definition) is 0. The molecule has 4 rings (SSSR count). The number of likely N-dealkylation sites (tertiary alicyclic amines) is 1. The van der Waals surface area contributed by atoms with Crippen LogP contribution >= 0.6 is 0 Å². The van der Waals surface area contributed by atoms with E-state index < -0.39 is 0 Å². The molecule has 0 bridgehead atoms. The van der Waals surface area contributed by atoms with Gasteiger partial charge in [-0.05, 0) is 56.0 Å². The summed E-state index contributed by atoms with van der Waals surface area (Å²) in [6.07, 6.45) is 6.48. The minimum Gasteiger partial charge on any atom is -0.314 e. The van der Waals surface area contributed by atoms with E-state index in [1.54, 1.807) is 6.07 Å². The van der Waals surface area contributed by atoms with Gasteiger partial charge in [0.2, 0.25) is 0 Å². The van der Waals surface area contributed by atoms with E-state index in [0.717, 1.165) is 37.3 Å². The predicted octanol–water partition coefficient (Wildman–Crippen LogP) is 3.00. The van der Waals surface area contributed by atoms with E-state index in [4.69, 9.17) is 0 Å². The lowest BCUT2D eigenvalue weighted by molar-refractivity contribution is 0.194. The summed E-state index contributed by atoms with van der Waals surface area (Å²) in [6.45, 7) is 2.46. The van der Waals surface area contributed by atoms with Gasteiger partial charge in [0.25, 0.3) is 0 Å². The SMILES string of the molecule is N#Cc1ccc(F)cc1CN1CCC[C@H](c2nncn2C2CC2)C1. The minimum absolute atomic E-state index is 0.286. The highest BCUT2D eigenvalue weighted by molar-refractivity contribution is 5.37. The summed E-state index contributed by atoms with van der Waals surface area (Å²) in [7, 11) is 0. The smallest absolute Gasteiger partial charge is 0.137 e. The monoisotopic (exact) mass is 325 g/mol. The molecule has 124 valence electrons. The number of nitriles is 1. The lowest BCUT2D eigenvalue weighted by atomic mass is 9.96. The molecule has 0 radical (unpaired) electrons. The van der Waals surface area contributed by atoms with E-state index in [2.05, 4.69) is 25.7 Å². The fraction of sp³-hybridized carbons (Fsp3) is 0.500. The van der Waals surface area contributed by atoms with Gasteiger partial charge in [-0.3, -0.25) is 4.90 Å². The maximum atomic E-state index is 13.5. The lowest BCUT2D eigenvalue weighted by Gasteiger charge is -2.32. The molecule has 2 aromatic rings. The van der Waals surface area contributed by atoms with Crippen LogP contribution in [-0.2, 0) is 6.54 Å². The molecule has 0 unspecified atom stereocenters. The second-order valence-electron chi connectivity index (χ2n) is 6.82. The Labute approximate surface area is 140 Å². The standard InChI is InChI=1S/C18H20FN5/c19-16-4-3-13(9-20)15(8-16)11-23-7-1-2-14(10-23)18-22-21-12-24(18)17-5-6-17/h3-4,8,12,14,17H,1-2,5-7,10-11H2/t14-/m0/s1. The van der Waals surface area contributed by atoms with E-state index in [0.29, 0.717) is 24.1 Å². The Morgan fingerprint density at radius 2 is 2.17 bits per heavy atom. The van der Waals surface area contributed by atoms with Crippen molar-refractivity contribution >= 4 is 0 Å². The predicted molar refractivity (Wildman–Crippen MR) is 86.7 cm³/mol. The lowest BCUT2D eigenvalue weighted by Crippen LogP contribution is -2.35. The Balaban J connectivity index is 1.50. The summed E-state index contributed by atoms with van der Waals surface area (Å²) in [4.78, 5) is 2.30. The molecular formula is C18H20FN5. The van der Waals surface area contributed by atoms with Crippen LogP contribution in [0.4, 0.5) is 4.39 Å². The zero-order chi connectivity index (χ0) is 16.5. The fourth-order valence-corrected chi connectivity index (χ4v) is 3.63. The van der Waals surface area contributed by atoms with E-state index in [1.165, 1.54) is 25.0 Å². The number of hydrogen-bond acceptors (Lipinski definition) is 4. The molecule has 1 atom stereocenters. The van der Waals surface area contributed by atoms with Crippen molar-refractivity contribution in [2.75, 3.05) is 13.1 Å². The molecule has 2 fully saturated rings. The summed E-state index contributed by atoms with van der Waals surface area (Å²) in [5, 5.41) is 17.7. The summed E-state index contributed by atoms with van der Waals surface area (Å²) in [5.41, 5.74) is 1.32. The van der Waals surface area contributed by atoms with Crippen LogP contribution < -0.4 is 0 Å². The maximum absolute atomic E-state index is 13.5. The Kier molecular flexibility index (Phi) is 4.03. The van der Waals surface area contributed by atoms with E-state index in [9.17, 15) is 9.65 Å².